The number of carbonyl (C=O) groups is 1. The first-order valence-electron chi connectivity index (χ1n) is 9.12. The summed E-state index contributed by atoms with van der Waals surface area (Å²) in [4.78, 5) is 22.2. The molecule has 0 aliphatic carbocycles. The zero-order chi connectivity index (χ0) is 21.3. The molecule has 0 unspecified atom stereocenters. The second-order valence-corrected chi connectivity index (χ2v) is 6.45. The molecule has 3 rings (SSSR count). The first-order chi connectivity index (χ1) is 14.5. The van der Waals surface area contributed by atoms with Crippen molar-refractivity contribution in [2.75, 3.05) is 17.3 Å². The number of nitrogens with one attached hydrogen (secondary N) is 2. The van der Waals surface area contributed by atoms with Crippen LogP contribution in [0.4, 0.5) is 17.1 Å². The molecular weight excluding hydrogens is 384 g/mol. The van der Waals surface area contributed by atoms with E-state index in [0.29, 0.717) is 11.4 Å². The van der Waals surface area contributed by atoms with E-state index >= 15 is 0 Å². The number of non-ortho nitro benzene ring substituents is 1. The number of amides is 1. The molecule has 0 fully saturated rings. The zero-order valence-corrected chi connectivity index (χ0v) is 16.2. The number of aryl methyl sites for hydroxylation is 1. The van der Waals surface area contributed by atoms with Gasteiger partial charge in [-0.05, 0) is 66.6 Å². The minimum absolute atomic E-state index is 0.0210. The molecular formula is C22H20N4O4. The van der Waals surface area contributed by atoms with Gasteiger partial charge in [0.05, 0.1) is 16.8 Å². The zero-order valence-electron chi connectivity index (χ0n) is 16.2. The van der Waals surface area contributed by atoms with Crippen LogP contribution in [0.1, 0.15) is 11.1 Å². The van der Waals surface area contributed by atoms with E-state index in [1.54, 1.807) is 42.6 Å². The number of anilines is 2. The van der Waals surface area contributed by atoms with Gasteiger partial charge in [-0.25, -0.2) is 0 Å². The van der Waals surface area contributed by atoms with Crippen molar-refractivity contribution in [2.45, 2.75) is 6.92 Å². The molecule has 3 aromatic rings. The van der Waals surface area contributed by atoms with Gasteiger partial charge >= 0.3 is 0 Å². The number of benzene rings is 3. The van der Waals surface area contributed by atoms with E-state index in [1.165, 1.54) is 12.1 Å². The van der Waals surface area contributed by atoms with Crippen molar-refractivity contribution in [3.05, 3.63) is 94.0 Å². The fourth-order valence-corrected chi connectivity index (χ4v) is 2.56. The van der Waals surface area contributed by atoms with Crippen LogP contribution in [0.15, 0.2) is 77.9 Å². The Morgan fingerprint density at radius 3 is 2.47 bits per heavy atom. The van der Waals surface area contributed by atoms with Crippen LogP contribution in [0, 0.1) is 17.0 Å². The summed E-state index contributed by atoms with van der Waals surface area (Å²) in [5.41, 5.74) is 6.08. The molecule has 0 radical (unpaired) electrons. The number of hydrogen-bond acceptors (Lipinski definition) is 6. The smallest absolute Gasteiger partial charge is 0.269 e. The van der Waals surface area contributed by atoms with Crippen molar-refractivity contribution in [1.82, 2.24) is 0 Å². The molecule has 1 amide bonds. The third-order valence-electron chi connectivity index (χ3n) is 4.04. The summed E-state index contributed by atoms with van der Waals surface area (Å²) in [5, 5.41) is 17.5. The van der Waals surface area contributed by atoms with Gasteiger partial charge in [0.2, 0.25) is 0 Å². The minimum Gasteiger partial charge on any atom is -0.484 e. The van der Waals surface area contributed by atoms with Crippen LogP contribution in [0.25, 0.3) is 0 Å². The molecule has 30 heavy (non-hydrogen) atoms. The molecule has 0 spiro atoms. The number of ether oxygens (including phenoxy) is 1. The number of carbonyl (C=O) groups excluding carboxylic acids is 1. The predicted molar refractivity (Wildman–Crippen MR) is 116 cm³/mol. The lowest BCUT2D eigenvalue weighted by molar-refractivity contribution is -0.384. The first kappa shape index (κ1) is 20.5. The van der Waals surface area contributed by atoms with E-state index in [1.807, 2.05) is 31.2 Å². The van der Waals surface area contributed by atoms with Gasteiger partial charge in [0.1, 0.15) is 5.75 Å². The Bertz CT molecular complexity index is 1050. The van der Waals surface area contributed by atoms with Gasteiger partial charge in [0.15, 0.2) is 6.61 Å². The van der Waals surface area contributed by atoms with E-state index in [0.717, 1.165) is 16.8 Å². The van der Waals surface area contributed by atoms with Gasteiger partial charge in [-0.15, -0.1) is 0 Å². The van der Waals surface area contributed by atoms with Gasteiger partial charge in [-0.2, -0.15) is 5.10 Å². The molecule has 8 heteroatoms. The topological polar surface area (TPSA) is 106 Å². The summed E-state index contributed by atoms with van der Waals surface area (Å²) in [7, 11) is 0. The number of nitro groups is 1. The average Bonchev–Trinajstić information content (AvgIpc) is 2.73. The van der Waals surface area contributed by atoms with Crippen LogP contribution in [-0.2, 0) is 4.79 Å². The highest BCUT2D eigenvalue weighted by Gasteiger charge is 2.04. The quantitative estimate of drug-likeness (QED) is 0.329. The number of nitrogens with zero attached hydrogens (tertiary/aromatic N) is 2. The van der Waals surface area contributed by atoms with Crippen molar-refractivity contribution in [1.29, 1.82) is 0 Å². The van der Waals surface area contributed by atoms with Gasteiger partial charge in [0, 0.05) is 17.8 Å². The molecule has 0 saturated carbocycles. The number of rotatable bonds is 8. The molecule has 8 nitrogen and oxygen atoms in total. The van der Waals surface area contributed by atoms with Crippen LogP contribution < -0.4 is 15.5 Å². The Kier molecular flexibility index (Phi) is 6.73. The summed E-state index contributed by atoms with van der Waals surface area (Å²) in [5.74, 6) is 0.327. The minimum atomic E-state index is -0.455. The number of hydrogen-bond donors (Lipinski definition) is 2. The van der Waals surface area contributed by atoms with E-state index in [-0.39, 0.29) is 18.2 Å². The van der Waals surface area contributed by atoms with E-state index in [4.69, 9.17) is 4.74 Å². The van der Waals surface area contributed by atoms with E-state index < -0.39 is 4.92 Å². The largest absolute Gasteiger partial charge is 0.484 e. The summed E-state index contributed by atoms with van der Waals surface area (Å²) >= 11 is 0. The molecule has 2 N–H and O–H groups in total. The highest BCUT2D eigenvalue weighted by molar-refractivity contribution is 5.92. The summed E-state index contributed by atoms with van der Waals surface area (Å²) in [6.45, 7) is 1.86. The van der Waals surface area contributed by atoms with Gasteiger partial charge in [-0.1, -0.05) is 12.1 Å². The third-order valence-corrected chi connectivity index (χ3v) is 4.04. The Balaban J connectivity index is 1.46. The second-order valence-electron chi connectivity index (χ2n) is 6.45. The molecule has 0 atom stereocenters. The predicted octanol–water partition coefficient (Wildman–Crippen LogP) is 4.37. The van der Waals surface area contributed by atoms with Crippen LogP contribution >= 0.6 is 0 Å². The second kappa shape index (κ2) is 9.83. The molecule has 0 aliphatic rings. The lowest BCUT2D eigenvalue weighted by Crippen LogP contribution is -2.20. The highest BCUT2D eigenvalue weighted by atomic mass is 16.6. The fourth-order valence-electron chi connectivity index (χ4n) is 2.56. The Labute approximate surface area is 173 Å². The van der Waals surface area contributed by atoms with Crippen molar-refractivity contribution >= 4 is 29.2 Å². The van der Waals surface area contributed by atoms with Crippen LogP contribution in [0.2, 0.25) is 0 Å². The maximum atomic E-state index is 12.0. The third kappa shape index (κ3) is 6.16. The molecule has 0 saturated heterocycles. The van der Waals surface area contributed by atoms with E-state index in [2.05, 4.69) is 15.8 Å². The Hall–Kier alpha value is -4.20. The highest BCUT2D eigenvalue weighted by Crippen LogP contribution is 2.16. The lowest BCUT2D eigenvalue weighted by Gasteiger charge is -2.08. The molecule has 0 bridgehead atoms. The molecule has 0 aromatic heterocycles. The Morgan fingerprint density at radius 1 is 1.07 bits per heavy atom. The average molecular weight is 404 g/mol. The summed E-state index contributed by atoms with van der Waals surface area (Å²) in [6, 6.07) is 20.6. The van der Waals surface area contributed by atoms with Crippen molar-refractivity contribution in [3.63, 3.8) is 0 Å². The van der Waals surface area contributed by atoms with Gasteiger partial charge in [0.25, 0.3) is 11.6 Å². The first-order valence-corrected chi connectivity index (χ1v) is 9.12. The van der Waals surface area contributed by atoms with Crippen molar-refractivity contribution < 1.29 is 14.5 Å². The number of nitro benzene ring substituents is 1. The van der Waals surface area contributed by atoms with Crippen LogP contribution in [0.3, 0.4) is 0 Å². The normalized spacial score (nSPS) is 10.6. The molecule has 152 valence electrons. The molecule has 0 aliphatic heterocycles. The standard InChI is InChI=1S/C22H20N4O4/c1-16-3-2-4-19(13-16)24-22(27)15-30-21-11-5-17(6-12-21)14-23-25-18-7-9-20(10-8-18)26(28)29/h2-14,25H,15H2,1H3,(H,24,27)/b23-14-. The van der Waals surface area contributed by atoms with Crippen molar-refractivity contribution in [3.8, 4) is 5.75 Å². The fraction of sp³-hybridized carbons (Fsp3) is 0.0909. The van der Waals surface area contributed by atoms with Gasteiger partial charge < -0.3 is 10.1 Å². The molecule has 0 heterocycles. The van der Waals surface area contributed by atoms with E-state index in [9.17, 15) is 14.9 Å². The molecule has 3 aromatic carbocycles. The van der Waals surface area contributed by atoms with Gasteiger partial charge in [-0.3, -0.25) is 20.3 Å². The van der Waals surface area contributed by atoms with Crippen LogP contribution in [0.5, 0.6) is 5.75 Å². The number of hydrazone groups is 1. The van der Waals surface area contributed by atoms with Crippen molar-refractivity contribution in [2.24, 2.45) is 5.10 Å². The monoisotopic (exact) mass is 404 g/mol. The SMILES string of the molecule is Cc1cccc(NC(=O)COc2ccc(/C=N\Nc3ccc([N+](=O)[O-])cc3)cc2)c1. The maximum absolute atomic E-state index is 12.0. The summed E-state index contributed by atoms with van der Waals surface area (Å²) < 4.78 is 5.50. The maximum Gasteiger partial charge on any atom is 0.269 e. The Morgan fingerprint density at radius 2 is 1.80 bits per heavy atom. The van der Waals surface area contributed by atoms with Crippen LogP contribution in [-0.4, -0.2) is 23.7 Å². The lowest BCUT2D eigenvalue weighted by atomic mass is 10.2. The summed E-state index contributed by atoms with van der Waals surface area (Å²) in [6.07, 6.45) is 1.61.